The Bertz CT molecular complexity index is 794. The summed E-state index contributed by atoms with van der Waals surface area (Å²) in [6.45, 7) is 9.23. The Morgan fingerprint density at radius 1 is 0.636 bits per heavy atom. The van der Waals surface area contributed by atoms with Crippen molar-refractivity contribution in [2.45, 2.75) is 154 Å². The molecule has 6 aliphatic rings. The summed E-state index contributed by atoms with van der Waals surface area (Å²) in [5, 5.41) is 0. The van der Waals surface area contributed by atoms with Gasteiger partial charge in [-0.25, -0.2) is 17.6 Å². The van der Waals surface area contributed by atoms with Crippen LogP contribution in [0.25, 0.3) is 0 Å². The molecule has 14 atom stereocenters. The molecule has 0 bridgehead atoms. The van der Waals surface area contributed by atoms with Crippen LogP contribution >= 0.6 is 0 Å². The molecule has 0 aromatic heterocycles. The maximum absolute atomic E-state index is 14.4. The second-order valence-corrected chi connectivity index (χ2v) is 15.0. The summed E-state index contributed by atoms with van der Waals surface area (Å²) >= 11 is 0. The summed E-state index contributed by atoms with van der Waals surface area (Å²) in [4.78, 5) is 0. The molecule has 44 heavy (non-hydrogen) atoms. The van der Waals surface area contributed by atoms with Gasteiger partial charge in [0.05, 0.1) is 31.0 Å². The van der Waals surface area contributed by atoms with Gasteiger partial charge in [0.15, 0.2) is 12.3 Å². The monoisotopic (exact) mass is 644 g/mol. The Morgan fingerprint density at radius 2 is 1.27 bits per heavy atom. The van der Waals surface area contributed by atoms with Gasteiger partial charge < -0.3 is 30.6 Å². The minimum atomic E-state index is -1.53. The second-order valence-electron chi connectivity index (χ2n) is 15.0. The lowest BCUT2D eigenvalue weighted by Gasteiger charge is -2.51. The predicted octanol–water partition coefficient (Wildman–Crippen LogP) is 6.39. The predicted molar refractivity (Wildman–Crippen MR) is 167 cm³/mol. The van der Waals surface area contributed by atoms with Crippen LogP contribution in [0.5, 0.6) is 0 Å². The minimum Gasteiger partial charge on any atom is -0.412 e. The van der Waals surface area contributed by atoms with E-state index in [-0.39, 0.29) is 59.7 Å². The molecule has 0 aromatic rings. The molecule has 6 N–H and O–H groups in total. The van der Waals surface area contributed by atoms with Gasteiger partial charge in [0, 0.05) is 14.0 Å². The molecule has 6 rings (SSSR count). The van der Waals surface area contributed by atoms with E-state index in [1.807, 2.05) is 20.8 Å². The first-order chi connectivity index (χ1) is 19.6. The van der Waals surface area contributed by atoms with Crippen molar-refractivity contribution >= 4 is 0 Å². The van der Waals surface area contributed by atoms with Crippen molar-refractivity contribution in [3.05, 3.63) is 0 Å². The normalized spacial score (nSPS) is 48.3. The van der Waals surface area contributed by atoms with Gasteiger partial charge >= 0.3 is 0 Å². The molecule has 2 saturated heterocycles. The summed E-state index contributed by atoms with van der Waals surface area (Å²) in [6.07, 6.45) is 6.57. The summed E-state index contributed by atoms with van der Waals surface area (Å²) < 4.78 is 74.5. The van der Waals surface area contributed by atoms with Crippen LogP contribution in [0.15, 0.2) is 0 Å². The van der Waals surface area contributed by atoms with E-state index < -0.39 is 36.9 Å². The Morgan fingerprint density at radius 3 is 1.95 bits per heavy atom. The third-order valence-electron chi connectivity index (χ3n) is 12.0. The Hall–Kier alpha value is -0.520. The number of hydrogen-bond donors (Lipinski definition) is 0. The van der Waals surface area contributed by atoms with Crippen molar-refractivity contribution in [2.75, 3.05) is 13.2 Å². The molecule has 14 unspecified atom stereocenters. The van der Waals surface area contributed by atoms with E-state index in [1.165, 1.54) is 25.7 Å². The summed E-state index contributed by atoms with van der Waals surface area (Å²) in [5.74, 6) is 2.58. The number of ether oxygens (including phenoxy) is 3. The maximum atomic E-state index is 14.4. The van der Waals surface area contributed by atoms with E-state index >= 15 is 0 Å². The fourth-order valence-corrected chi connectivity index (χ4v) is 9.09. The molecule has 4 saturated carbocycles. The highest BCUT2D eigenvalue weighted by Gasteiger charge is 2.52. The summed E-state index contributed by atoms with van der Waals surface area (Å²) in [5.41, 5.74) is 0. The van der Waals surface area contributed by atoms with Crippen LogP contribution in [0.4, 0.5) is 17.6 Å². The van der Waals surface area contributed by atoms with E-state index in [4.69, 9.17) is 14.2 Å². The zero-order chi connectivity index (χ0) is 29.3. The maximum Gasteiger partial charge on any atom is 0.160 e. The van der Waals surface area contributed by atoms with E-state index in [2.05, 4.69) is 6.92 Å². The summed E-state index contributed by atoms with van der Waals surface area (Å²) in [6, 6.07) is 0. The first-order valence-electron chi connectivity index (χ1n) is 17.1. The molecule has 6 nitrogen and oxygen atoms in total. The number of fused-ring (bicyclic) bond motifs is 4. The fraction of sp³-hybridized carbons (Fsp3) is 1.00. The third kappa shape index (κ3) is 8.88. The van der Waals surface area contributed by atoms with Gasteiger partial charge in [-0.05, 0) is 99.7 Å². The molecule has 264 valence electrons. The van der Waals surface area contributed by atoms with Crippen LogP contribution in [0.1, 0.15) is 106 Å². The molecule has 6 fully saturated rings. The number of rotatable bonds is 4. The molecular weight excluding hydrogens is 580 g/mol. The van der Waals surface area contributed by atoms with Gasteiger partial charge in [0.25, 0.3) is 0 Å². The van der Waals surface area contributed by atoms with Gasteiger partial charge in [0.1, 0.15) is 12.3 Å². The highest BCUT2D eigenvalue weighted by atomic mass is 19.2. The number of alkyl halides is 4. The average Bonchev–Trinajstić information content (AvgIpc) is 2.97. The van der Waals surface area contributed by atoms with Gasteiger partial charge in [0.2, 0.25) is 0 Å². The Labute approximate surface area is 264 Å². The minimum absolute atomic E-state index is 0. The van der Waals surface area contributed by atoms with Gasteiger partial charge in [-0.3, -0.25) is 0 Å². The van der Waals surface area contributed by atoms with Crippen molar-refractivity contribution in [3.8, 4) is 0 Å². The van der Waals surface area contributed by atoms with Gasteiger partial charge in [-0.1, -0.05) is 46.5 Å². The lowest BCUT2D eigenvalue weighted by molar-refractivity contribution is -0.179. The molecule has 2 heterocycles. The van der Waals surface area contributed by atoms with Crippen molar-refractivity contribution < 1.29 is 49.6 Å². The first-order valence-corrected chi connectivity index (χ1v) is 17.1. The lowest BCUT2D eigenvalue weighted by Crippen LogP contribution is -2.55. The van der Waals surface area contributed by atoms with E-state index in [9.17, 15) is 17.6 Å². The molecule has 4 aliphatic carbocycles. The van der Waals surface area contributed by atoms with Crippen molar-refractivity contribution in [1.82, 2.24) is 0 Å². The lowest BCUT2D eigenvalue weighted by atomic mass is 9.61. The topological polar surface area (TPSA) is 122 Å². The fourth-order valence-electron chi connectivity index (χ4n) is 9.09. The Kier molecular flexibility index (Phi) is 15.8. The summed E-state index contributed by atoms with van der Waals surface area (Å²) in [7, 11) is 0. The van der Waals surface area contributed by atoms with Crippen molar-refractivity contribution in [1.29, 1.82) is 0 Å². The quantitative estimate of drug-likeness (QED) is 0.330. The smallest absolute Gasteiger partial charge is 0.160 e. The molecular formula is C34H64F4O6. The van der Waals surface area contributed by atoms with Crippen LogP contribution in [0.2, 0.25) is 0 Å². The van der Waals surface area contributed by atoms with Crippen LogP contribution in [-0.2, 0) is 14.2 Å². The highest BCUT2D eigenvalue weighted by Crippen LogP contribution is 2.50. The first kappa shape index (κ1) is 39.7. The van der Waals surface area contributed by atoms with Crippen LogP contribution in [0, 0.1) is 47.3 Å². The third-order valence-corrected chi connectivity index (χ3v) is 12.0. The van der Waals surface area contributed by atoms with Gasteiger partial charge in [-0.15, -0.1) is 0 Å². The molecule has 0 radical (unpaired) electrons. The zero-order valence-electron chi connectivity index (χ0n) is 27.4. The van der Waals surface area contributed by atoms with Crippen LogP contribution in [-0.4, -0.2) is 78.7 Å². The van der Waals surface area contributed by atoms with E-state index in [1.54, 1.807) is 0 Å². The molecule has 2 aliphatic heterocycles. The number of halogens is 4. The standard InChI is InChI=1S/C19H32F2O2.C15H24F2O.3H2O.H2/c1-12-3-6-14(7-4-12)9-10-22-16-11-15-8-5-13(2)23-19(15)18(21)17(16)20;1-8-3-5-10-11-6-4-9(2)14(17)15(11)18-7-12(10)13(8)16;;;;/h12-19H,3-11H2,1-2H3;8-15H,3-7H2,1-2H3;3*1H2;1H. The van der Waals surface area contributed by atoms with Crippen molar-refractivity contribution in [3.63, 3.8) is 0 Å². The SMILES string of the molecule is CC1CCC(CCOC2CC3CCC(C)OC3C(F)C2F)CC1.CC1CCC2C(COC3C(F)C(C)CCC23)C1F.O.O.O.[HH]. The van der Waals surface area contributed by atoms with Crippen molar-refractivity contribution in [2.24, 2.45) is 47.3 Å². The largest absolute Gasteiger partial charge is 0.412 e. The highest BCUT2D eigenvalue weighted by molar-refractivity contribution is 5.00. The van der Waals surface area contributed by atoms with Crippen LogP contribution < -0.4 is 0 Å². The zero-order valence-corrected chi connectivity index (χ0v) is 27.4. The van der Waals surface area contributed by atoms with Crippen LogP contribution in [0.3, 0.4) is 0 Å². The molecule has 0 amide bonds. The molecule has 0 aromatic carbocycles. The average molecular weight is 645 g/mol. The number of hydrogen-bond acceptors (Lipinski definition) is 3. The van der Waals surface area contributed by atoms with E-state index in [0.717, 1.165) is 50.9 Å². The van der Waals surface area contributed by atoms with Gasteiger partial charge in [-0.2, -0.15) is 0 Å². The molecule has 10 heteroatoms. The van der Waals surface area contributed by atoms with E-state index in [0.29, 0.717) is 31.5 Å². The second kappa shape index (κ2) is 17.6. The molecule has 0 spiro atoms. The Balaban J connectivity index is 0.000000422.